The van der Waals surface area contributed by atoms with E-state index in [2.05, 4.69) is 20.5 Å². The molecule has 3 heterocycles. The van der Waals surface area contributed by atoms with Crippen LogP contribution in [0, 0.1) is 5.41 Å². The van der Waals surface area contributed by atoms with Gasteiger partial charge in [0.2, 0.25) is 0 Å². The lowest BCUT2D eigenvalue weighted by Gasteiger charge is -2.45. The Morgan fingerprint density at radius 2 is 2.30 bits per heavy atom. The summed E-state index contributed by atoms with van der Waals surface area (Å²) in [6.45, 7) is 4.67. The third-order valence-electron chi connectivity index (χ3n) is 5.10. The lowest BCUT2D eigenvalue weighted by atomic mass is 9.73. The number of nitrogens with zero attached hydrogens (tertiary/aromatic N) is 2. The summed E-state index contributed by atoms with van der Waals surface area (Å²) < 4.78 is 6.04. The van der Waals surface area contributed by atoms with Crippen molar-refractivity contribution in [3.05, 3.63) is 16.6 Å². The van der Waals surface area contributed by atoms with Crippen molar-refractivity contribution in [1.29, 1.82) is 0 Å². The summed E-state index contributed by atoms with van der Waals surface area (Å²) >= 11 is 1.74. The van der Waals surface area contributed by atoms with Gasteiger partial charge < -0.3 is 15.4 Å². The van der Waals surface area contributed by atoms with Gasteiger partial charge in [-0.05, 0) is 44.2 Å². The second-order valence-corrected chi connectivity index (χ2v) is 7.61. The molecule has 1 aromatic rings. The largest absolute Gasteiger partial charge is 0.376 e. The molecule has 1 spiro atoms. The summed E-state index contributed by atoms with van der Waals surface area (Å²) in [4.78, 5) is 18.1. The summed E-state index contributed by atoms with van der Waals surface area (Å²) in [5, 5.41) is 8.66. The van der Waals surface area contributed by atoms with Gasteiger partial charge in [-0.1, -0.05) is 0 Å². The van der Waals surface area contributed by atoms with Crippen molar-refractivity contribution in [2.45, 2.75) is 38.3 Å². The van der Waals surface area contributed by atoms with Crippen molar-refractivity contribution in [2.75, 3.05) is 33.3 Å². The molecule has 0 unspecified atom stereocenters. The highest BCUT2D eigenvalue weighted by Crippen LogP contribution is 2.40. The van der Waals surface area contributed by atoms with Crippen LogP contribution in [-0.2, 0) is 11.3 Å². The second-order valence-electron chi connectivity index (χ2n) is 6.63. The Hall–Kier alpha value is -1.18. The molecule has 2 N–H and O–H groups in total. The van der Waals surface area contributed by atoms with Crippen LogP contribution in [0.5, 0.6) is 0 Å². The van der Waals surface area contributed by atoms with Crippen LogP contribution in [0.2, 0.25) is 0 Å². The molecule has 3 rings (SSSR count). The maximum Gasteiger partial charge on any atom is 0.314 e. The van der Waals surface area contributed by atoms with Crippen molar-refractivity contribution < 1.29 is 9.53 Å². The summed E-state index contributed by atoms with van der Waals surface area (Å²) in [6.07, 6.45) is 6.69. The van der Waals surface area contributed by atoms with E-state index < -0.39 is 0 Å². The zero-order chi connectivity index (χ0) is 16.1. The number of amides is 2. The fraction of sp³-hybridized carbons (Fsp3) is 0.750. The number of nitrogens with one attached hydrogen (secondary N) is 2. The van der Waals surface area contributed by atoms with Gasteiger partial charge in [0.15, 0.2) is 0 Å². The molecule has 128 valence electrons. The van der Waals surface area contributed by atoms with Gasteiger partial charge in [-0.3, -0.25) is 4.90 Å². The summed E-state index contributed by atoms with van der Waals surface area (Å²) in [6, 6.07) is -0.135. The van der Waals surface area contributed by atoms with Crippen LogP contribution in [0.1, 0.15) is 30.7 Å². The highest BCUT2D eigenvalue weighted by atomic mass is 32.1. The minimum Gasteiger partial charge on any atom is -0.376 e. The van der Waals surface area contributed by atoms with Gasteiger partial charge in [-0.2, -0.15) is 0 Å². The quantitative estimate of drug-likeness (QED) is 0.879. The van der Waals surface area contributed by atoms with E-state index in [-0.39, 0.29) is 12.1 Å². The van der Waals surface area contributed by atoms with Gasteiger partial charge in [0.05, 0.1) is 19.3 Å². The zero-order valence-corrected chi connectivity index (χ0v) is 14.5. The monoisotopic (exact) mass is 338 g/mol. The zero-order valence-electron chi connectivity index (χ0n) is 13.7. The number of urea groups is 1. The third kappa shape index (κ3) is 4.43. The minimum absolute atomic E-state index is 0.135. The van der Waals surface area contributed by atoms with E-state index in [1.54, 1.807) is 18.4 Å². The molecule has 1 atom stereocenters. The van der Waals surface area contributed by atoms with Crippen LogP contribution in [0.4, 0.5) is 4.79 Å². The number of ether oxygens (including phenoxy) is 1. The standard InChI is InChI=1S/C16H26N4O2S/c1-17-15(21)19-10-13-2-3-16(12-22-13)4-7-20(8-5-16)11-14-18-6-9-23-14/h6,9,13H,2-5,7-8,10-12H2,1H3,(H2,17,19,21)/t13-/m0/s1. The minimum atomic E-state index is -0.135. The van der Waals surface area contributed by atoms with E-state index in [1.807, 2.05) is 11.6 Å². The molecule has 1 aromatic heterocycles. The van der Waals surface area contributed by atoms with Crippen molar-refractivity contribution in [1.82, 2.24) is 20.5 Å². The van der Waals surface area contributed by atoms with Crippen molar-refractivity contribution in [3.63, 3.8) is 0 Å². The molecule has 23 heavy (non-hydrogen) atoms. The maximum atomic E-state index is 11.2. The van der Waals surface area contributed by atoms with Crippen LogP contribution in [0.3, 0.4) is 0 Å². The third-order valence-corrected chi connectivity index (χ3v) is 5.86. The van der Waals surface area contributed by atoms with Crippen LogP contribution < -0.4 is 10.6 Å². The number of carbonyl (C=O) groups is 1. The van der Waals surface area contributed by atoms with Gasteiger partial charge >= 0.3 is 6.03 Å². The Bertz CT molecular complexity index is 490. The fourth-order valence-electron chi connectivity index (χ4n) is 3.48. The SMILES string of the molecule is CNC(=O)NC[C@@H]1CCC2(CCN(Cc3nccs3)CC2)CO1. The van der Waals surface area contributed by atoms with Crippen LogP contribution >= 0.6 is 11.3 Å². The van der Waals surface area contributed by atoms with E-state index in [0.717, 1.165) is 32.7 Å². The van der Waals surface area contributed by atoms with E-state index >= 15 is 0 Å². The lowest BCUT2D eigenvalue weighted by molar-refractivity contribution is -0.0842. The summed E-state index contributed by atoms with van der Waals surface area (Å²) in [5.41, 5.74) is 0.350. The van der Waals surface area contributed by atoms with Crippen LogP contribution in [0.15, 0.2) is 11.6 Å². The number of thiazole rings is 1. The lowest BCUT2D eigenvalue weighted by Crippen LogP contribution is -2.48. The average molecular weight is 338 g/mol. The van der Waals surface area contributed by atoms with Gasteiger partial charge in [-0.15, -0.1) is 11.3 Å². The molecule has 0 bridgehead atoms. The molecule has 6 nitrogen and oxygen atoms in total. The molecule has 2 amide bonds. The van der Waals surface area contributed by atoms with Gasteiger partial charge in [-0.25, -0.2) is 9.78 Å². The Morgan fingerprint density at radius 1 is 1.48 bits per heavy atom. The molecule has 2 saturated heterocycles. The predicted octanol–water partition coefficient (Wildman–Crippen LogP) is 1.83. The average Bonchev–Trinajstić information content (AvgIpc) is 3.09. The number of aromatic nitrogens is 1. The molecule has 0 radical (unpaired) electrons. The molecule has 7 heteroatoms. The number of carbonyl (C=O) groups excluding carboxylic acids is 1. The highest BCUT2D eigenvalue weighted by molar-refractivity contribution is 7.09. The Labute approximate surface area is 141 Å². The van der Waals surface area contributed by atoms with Crippen molar-refractivity contribution >= 4 is 17.4 Å². The van der Waals surface area contributed by atoms with E-state index in [1.165, 1.54) is 24.3 Å². The van der Waals surface area contributed by atoms with Gasteiger partial charge in [0.25, 0.3) is 0 Å². The number of piperidine rings is 1. The Kier molecular flexibility index (Phi) is 5.50. The normalized spacial score (nSPS) is 24.5. The molecule has 0 aliphatic carbocycles. The topological polar surface area (TPSA) is 66.5 Å². The number of hydrogen-bond donors (Lipinski definition) is 2. The highest BCUT2D eigenvalue weighted by Gasteiger charge is 2.38. The van der Waals surface area contributed by atoms with Crippen LogP contribution in [-0.4, -0.2) is 55.3 Å². The number of likely N-dealkylation sites (tertiary alicyclic amines) is 1. The molecular weight excluding hydrogens is 312 g/mol. The van der Waals surface area contributed by atoms with Gasteiger partial charge in [0, 0.05) is 25.2 Å². The second kappa shape index (κ2) is 7.59. The predicted molar refractivity (Wildman–Crippen MR) is 90.5 cm³/mol. The fourth-order valence-corrected chi connectivity index (χ4v) is 4.13. The molecule has 2 aliphatic rings. The van der Waals surface area contributed by atoms with E-state index in [0.29, 0.717) is 12.0 Å². The molecule has 2 aliphatic heterocycles. The Balaban J connectivity index is 1.40. The van der Waals surface area contributed by atoms with E-state index in [9.17, 15) is 4.79 Å². The number of hydrogen-bond acceptors (Lipinski definition) is 5. The first-order valence-corrected chi connectivity index (χ1v) is 9.25. The van der Waals surface area contributed by atoms with Crippen molar-refractivity contribution in [2.24, 2.45) is 5.41 Å². The van der Waals surface area contributed by atoms with Gasteiger partial charge in [0.1, 0.15) is 5.01 Å². The first-order valence-electron chi connectivity index (χ1n) is 8.37. The number of rotatable bonds is 4. The molecule has 0 saturated carbocycles. The molecule has 2 fully saturated rings. The Morgan fingerprint density at radius 3 is 2.91 bits per heavy atom. The molecular formula is C16H26N4O2S. The first kappa shape index (κ1) is 16.7. The molecule has 0 aromatic carbocycles. The van der Waals surface area contributed by atoms with E-state index in [4.69, 9.17) is 4.74 Å². The summed E-state index contributed by atoms with van der Waals surface area (Å²) in [5.74, 6) is 0. The maximum absolute atomic E-state index is 11.2. The smallest absolute Gasteiger partial charge is 0.314 e. The summed E-state index contributed by atoms with van der Waals surface area (Å²) in [7, 11) is 1.63. The van der Waals surface area contributed by atoms with Crippen LogP contribution in [0.25, 0.3) is 0 Å². The first-order chi connectivity index (χ1) is 11.2. The van der Waals surface area contributed by atoms with Crippen molar-refractivity contribution in [3.8, 4) is 0 Å².